The van der Waals surface area contributed by atoms with E-state index in [-0.39, 0.29) is 11.4 Å². The molecule has 2 aromatic carbocycles. The monoisotopic (exact) mass is 451 g/mol. The molecule has 0 unspecified atom stereocenters. The van der Waals surface area contributed by atoms with E-state index < -0.39 is 17.6 Å². The summed E-state index contributed by atoms with van der Waals surface area (Å²) >= 11 is 2.41. The third kappa shape index (κ3) is 5.80. The first kappa shape index (κ1) is 21.8. The standard InChI is InChI=1S/C19H16F3N5OS2/c1-23-17-25-26-18(30-17)29-12-16(28)27(24-11-13-6-3-2-4-7-13)15-9-5-8-14(10-15)19(20,21)22/h2-11H,12H2,1H3,(H,23,25)/b24-11+. The highest BCUT2D eigenvalue weighted by molar-refractivity contribution is 8.01. The highest BCUT2D eigenvalue weighted by atomic mass is 32.2. The number of nitrogens with zero attached hydrogens (tertiary/aromatic N) is 4. The van der Waals surface area contributed by atoms with Gasteiger partial charge in [0.2, 0.25) is 5.13 Å². The molecule has 30 heavy (non-hydrogen) atoms. The number of alkyl halides is 3. The van der Waals surface area contributed by atoms with Crippen LogP contribution in [0.5, 0.6) is 0 Å². The van der Waals surface area contributed by atoms with E-state index >= 15 is 0 Å². The number of hydrazone groups is 1. The first-order valence-corrected chi connectivity index (χ1v) is 10.4. The molecule has 1 heterocycles. The van der Waals surface area contributed by atoms with E-state index in [9.17, 15) is 18.0 Å². The number of benzene rings is 2. The van der Waals surface area contributed by atoms with Crippen LogP contribution in [0.1, 0.15) is 11.1 Å². The van der Waals surface area contributed by atoms with Crippen LogP contribution in [-0.4, -0.2) is 35.1 Å². The van der Waals surface area contributed by atoms with Crippen LogP contribution in [0, 0.1) is 0 Å². The predicted molar refractivity (Wildman–Crippen MR) is 113 cm³/mol. The fraction of sp³-hybridized carbons (Fsp3) is 0.158. The highest BCUT2D eigenvalue weighted by Gasteiger charge is 2.31. The van der Waals surface area contributed by atoms with Gasteiger partial charge in [-0.2, -0.15) is 18.3 Å². The van der Waals surface area contributed by atoms with Crippen LogP contribution in [0.25, 0.3) is 0 Å². The molecule has 0 saturated heterocycles. The smallest absolute Gasteiger partial charge is 0.363 e. The molecule has 0 aliphatic carbocycles. The Bertz CT molecular complexity index is 1020. The summed E-state index contributed by atoms with van der Waals surface area (Å²) in [6, 6.07) is 13.5. The average molecular weight is 451 g/mol. The van der Waals surface area contributed by atoms with Crippen molar-refractivity contribution in [2.75, 3.05) is 23.1 Å². The van der Waals surface area contributed by atoms with Crippen LogP contribution in [-0.2, 0) is 11.0 Å². The zero-order chi connectivity index (χ0) is 21.6. The number of anilines is 2. The Kier molecular flexibility index (Phi) is 7.06. The van der Waals surface area contributed by atoms with Gasteiger partial charge in [-0.25, -0.2) is 5.01 Å². The normalized spacial score (nSPS) is 11.6. The molecule has 6 nitrogen and oxygen atoms in total. The number of rotatable bonds is 7. The molecule has 3 aromatic rings. The molecule has 0 saturated carbocycles. The number of halogens is 3. The Hall–Kier alpha value is -2.92. The van der Waals surface area contributed by atoms with Gasteiger partial charge in [0.25, 0.3) is 5.91 Å². The van der Waals surface area contributed by atoms with Gasteiger partial charge in [0, 0.05) is 7.05 Å². The minimum Gasteiger partial charge on any atom is -0.363 e. The van der Waals surface area contributed by atoms with E-state index in [2.05, 4.69) is 20.6 Å². The molecule has 3 rings (SSSR count). The van der Waals surface area contributed by atoms with Gasteiger partial charge in [-0.05, 0) is 23.8 Å². The van der Waals surface area contributed by atoms with Crippen LogP contribution in [0.3, 0.4) is 0 Å². The molecular weight excluding hydrogens is 435 g/mol. The van der Waals surface area contributed by atoms with Crippen molar-refractivity contribution in [3.8, 4) is 0 Å². The van der Waals surface area contributed by atoms with Gasteiger partial charge in [-0.3, -0.25) is 4.79 Å². The number of amides is 1. The number of hydrogen-bond acceptors (Lipinski definition) is 7. The van der Waals surface area contributed by atoms with E-state index in [0.717, 1.165) is 28.9 Å². The van der Waals surface area contributed by atoms with Gasteiger partial charge < -0.3 is 5.32 Å². The molecule has 156 valence electrons. The number of carbonyl (C=O) groups is 1. The first-order chi connectivity index (χ1) is 14.4. The molecule has 0 spiro atoms. The lowest BCUT2D eigenvalue weighted by Gasteiger charge is -2.18. The summed E-state index contributed by atoms with van der Waals surface area (Å²) in [6.07, 6.45) is -3.11. The summed E-state index contributed by atoms with van der Waals surface area (Å²) < 4.78 is 39.9. The zero-order valence-electron chi connectivity index (χ0n) is 15.6. The van der Waals surface area contributed by atoms with Crippen LogP contribution in [0.15, 0.2) is 64.0 Å². The number of aromatic nitrogens is 2. The maximum Gasteiger partial charge on any atom is 0.416 e. The van der Waals surface area contributed by atoms with Crippen LogP contribution >= 0.6 is 23.1 Å². The number of hydrogen-bond donors (Lipinski definition) is 1. The molecule has 11 heteroatoms. The quantitative estimate of drug-likeness (QED) is 0.319. The fourth-order valence-electron chi connectivity index (χ4n) is 2.31. The highest BCUT2D eigenvalue weighted by Crippen LogP contribution is 2.32. The van der Waals surface area contributed by atoms with Crippen molar-refractivity contribution in [1.82, 2.24) is 10.2 Å². The van der Waals surface area contributed by atoms with Gasteiger partial charge in [0.05, 0.1) is 23.2 Å². The Morgan fingerprint density at radius 1 is 1.20 bits per heavy atom. The van der Waals surface area contributed by atoms with Crippen molar-refractivity contribution < 1.29 is 18.0 Å². The minimum atomic E-state index is -4.53. The maximum absolute atomic E-state index is 13.1. The van der Waals surface area contributed by atoms with Crippen molar-refractivity contribution in [1.29, 1.82) is 0 Å². The van der Waals surface area contributed by atoms with Gasteiger partial charge in [0.1, 0.15) is 0 Å². The summed E-state index contributed by atoms with van der Waals surface area (Å²) in [7, 11) is 1.70. The molecule has 1 aromatic heterocycles. The lowest BCUT2D eigenvalue weighted by atomic mass is 10.2. The van der Waals surface area contributed by atoms with Crippen LogP contribution in [0.2, 0.25) is 0 Å². The molecule has 0 aliphatic heterocycles. The van der Waals surface area contributed by atoms with E-state index in [1.165, 1.54) is 29.7 Å². The number of nitrogens with one attached hydrogen (secondary N) is 1. The zero-order valence-corrected chi connectivity index (χ0v) is 17.3. The Balaban J connectivity index is 1.85. The topological polar surface area (TPSA) is 70.5 Å². The third-order valence-corrected chi connectivity index (χ3v) is 5.77. The SMILES string of the molecule is CNc1nnc(SCC(=O)N(/N=C/c2ccccc2)c2cccc(C(F)(F)F)c2)s1. The van der Waals surface area contributed by atoms with Gasteiger partial charge in [-0.15, -0.1) is 10.2 Å². The first-order valence-electron chi connectivity index (χ1n) is 8.60. The lowest BCUT2D eigenvalue weighted by molar-refractivity contribution is -0.137. The Labute approximate surface area is 178 Å². The number of thioether (sulfide) groups is 1. The van der Waals surface area contributed by atoms with E-state index in [0.29, 0.717) is 15.0 Å². The second-order valence-electron chi connectivity index (χ2n) is 5.82. The van der Waals surface area contributed by atoms with Crippen molar-refractivity contribution in [3.63, 3.8) is 0 Å². The summed E-state index contributed by atoms with van der Waals surface area (Å²) in [4.78, 5) is 12.8. The molecule has 0 fully saturated rings. The van der Waals surface area contributed by atoms with Crippen molar-refractivity contribution in [2.24, 2.45) is 5.10 Å². The second-order valence-corrected chi connectivity index (χ2v) is 8.02. The lowest BCUT2D eigenvalue weighted by Crippen LogP contribution is -2.27. The molecule has 0 bridgehead atoms. The largest absolute Gasteiger partial charge is 0.416 e. The predicted octanol–water partition coefficient (Wildman–Crippen LogP) is 4.76. The Morgan fingerprint density at radius 2 is 1.97 bits per heavy atom. The molecule has 1 N–H and O–H groups in total. The van der Waals surface area contributed by atoms with E-state index in [4.69, 9.17) is 0 Å². The van der Waals surface area contributed by atoms with Crippen molar-refractivity contribution in [3.05, 3.63) is 65.7 Å². The molecule has 0 atom stereocenters. The van der Waals surface area contributed by atoms with Crippen molar-refractivity contribution in [2.45, 2.75) is 10.5 Å². The van der Waals surface area contributed by atoms with Gasteiger partial charge in [-0.1, -0.05) is 59.5 Å². The van der Waals surface area contributed by atoms with E-state index in [1.54, 1.807) is 31.3 Å². The van der Waals surface area contributed by atoms with Gasteiger partial charge in [0.15, 0.2) is 4.34 Å². The van der Waals surface area contributed by atoms with E-state index in [1.807, 2.05) is 6.07 Å². The summed E-state index contributed by atoms with van der Waals surface area (Å²) in [5, 5.41) is 16.4. The third-order valence-electron chi connectivity index (χ3n) is 3.72. The summed E-state index contributed by atoms with van der Waals surface area (Å²) in [5.74, 6) is -0.562. The van der Waals surface area contributed by atoms with Crippen molar-refractivity contribution >= 4 is 46.0 Å². The second kappa shape index (κ2) is 9.72. The number of carbonyl (C=O) groups excluding carboxylic acids is 1. The Morgan fingerprint density at radius 3 is 2.63 bits per heavy atom. The van der Waals surface area contributed by atoms with Crippen LogP contribution in [0.4, 0.5) is 24.0 Å². The molecule has 0 aliphatic rings. The van der Waals surface area contributed by atoms with Gasteiger partial charge >= 0.3 is 6.18 Å². The molecule has 0 radical (unpaired) electrons. The average Bonchev–Trinajstić information content (AvgIpc) is 3.21. The summed E-state index contributed by atoms with van der Waals surface area (Å²) in [5.41, 5.74) is -0.128. The van der Waals surface area contributed by atoms with Crippen LogP contribution < -0.4 is 10.3 Å². The maximum atomic E-state index is 13.1. The molecule has 1 amide bonds. The minimum absolute atomic E-state index is 0.0239. The molecular formula is C19H16F3N5OS2. The summed E-state index contributed by atoms with van der Waals surface area (Å²) in [6.45, 7) is 0. The fourth-order valence-corrected chi connectivity index (χ4v) is 3.85.